The van der Waals surface area contributed by atoms with E-state index in [-0.39, 0.29) is 17.6 Å². The molecule has 1 aliphatic carbocycles. The molecule has 0 spiro atoms. The molecule has 124 valence electrons. The van der Waals surface area contributed by atoms with Crippen LogP contribution in [-0.2, 0) is 11.3 Å². The summed E-state index contributed by atoms with van der Waals surface area (Å²) in [5, 5.41) is 14.8. The molecule has 3 atom stereocenters. The van der Waals surface area contributed by atoms with Crippen LogP contribution in [0.1, 0.15) is 41.6 Å². The molecule has 1 aromatic rings. The van der Waals surface area contributed by atoms with Gasteiger partial charge in [0.1, 0.15) is 0 Å². The van der Waals surface area contributed by atoms with Crippen LogP contribution in [0.5, 0.6) is 0 Å². The highest BCUT2D eigenvalue weighted by Gasteiger charge is 2.38. The molecule has 23 heavy (non-hydrogen) atoms. The Bertz CT molecular complexity index is 572. The SMILES string of the molecule is O=C(NCc1ccc(C(=O)O)cc1)NC1CCCC2OCCC12. The number of carbonyl (C=O) groups is 2. The van der Waals surface area contributed by atoms with Gasteiger partial charge in [0.2, 0.25) is 0 Å². The van der Waals surface area contributed by atoms with Gasteiger partial charge >= 0.3 is 12.0 Å². The van der Waals surface area contributed by atoms with Crippen molar-refractivity contribution >= 4 is 12.0 Å². The van der Waals surface area contributed by atoms with Crippen molar-refractivity contribution in [2.45, 2.75) is 44.4 Å². The van der Waals surface area contributed by atoms with Crippen LogP contribution in [0.2, 0.25) is 0 Å². The average molecular weight is 318 g/mol. The maximum atomic E-state index is 12.1. The largest absolute Gasteiger partial charge is 0.478 e. The van der Waals surface area contributed by atoms with Crippen molar-refractivity contribution in [2.75, 3.05) is 6.61 Å². The molecule has 0 bridgehead atoms. The van der Waals surface area contributed by atoms with E-state index in [1.54, 1.807) is 24.3 Å². The van der Waals surface area contributed by atoms with E-state index < -0.39 is 5.97 Å². The second-order valence-corrected chi connectivity index (χ2v) is 6.23. The van der Waals surface area contributed by atoms with Crippen LogP contribution < -0.4 is 10.6 Å². The lowest BCUT2D eigenvalue weighted by molar-refractivity contribution is 0.0549. The van der Waals surface area contributed by atoms with Crippen molar-refractivity contribution in [1.29, 1.82) is 0 Å². The molecule has 3 N–H and O–H groups in total. The highest BCUT2D eigenvalue weighted by Crippen LogP contribution is 2.34. The minimum atomic E-state index is -0.951. The first-order valence-corrected chi connectivity index (χ1v) is 8.11. The molecule has 0 aromatic heterocycles. The lowest BCUT2D eigenvalue weighted by Crippen LogP contribution is -2.49. The van der Waals surface area contributed by atoms with Gasteiger partial charge in [0.25, 0.3) is 0 Å². The lowest BCUT2D eigenvalue weighted by Gasteiger charge is -2.33. The topological polar surface area (TPSA) is 87.7 Å². The van der Waals surface area contributed by atoms with Crippen molar-refractivity contribution in [2.24, 2.45) is 5.92 Å². The Hall–Kier alpha value is -2.08. The van der Waals surface area contributed by atoms with Crippen LogP contribution in [0.4, 0.5) is 4.79 Å². The Morgan fingerprint density at radius 3 is 2.70 bits per heavy atom. The first kappa shape index (κ1) is 15.8. The zero-order valence-electron chi connectivity index (χ0n) is 13.0. The fourth-order valence-corrected chi connectivity index (χ4v) is 3.52. The van der Waals surface area contributed by atoms with Crippen LogP contribution in [0.15, 0.2) is 24.3 Å². The van der Waals surface area contributed by atoms with Crippen LogP contribution in [0.25, 0.3) is 0 Å². The van der Waals surface area contributed by atoms with Gasteiger partial charge in [0.05, 0.1) is 11.7 Å². The summed E-state index contributed by atoms with van der Waals surface area (Å²) < 4.78 is 5.71. The molecule has 0 radical (unpaired) electrons. The molecule has 1 aromatic carbocycles. The minimum Gasteiger partial charge on any atom is -0.478 e. The summed E-state index contributed by atoms with van der Waals surface area (Å²) in [5.74, 6) is -0.516. The second-order valence-electron chi connectivity index (χ2n) is 6.23. The standard InChI is InChI=1S/C17H22N2O4/c20-16(21)12-6-4-11(5-7-12)10-18-17(22)19-14-2-1-3-15-13(14)8-9-23-15/h4-7,13-15H,1-3,8-10H2,(H,20,21)(H2,18,19,22). The highest BCUT2D eigenvalue weighted by molar-refractivity contribution is 5.87. The van der Waals surface area contributed by atoms with Gasteiger partial charge in [-0.3, -0.25) is 0 Å². The summed E-state index contributed by atoms with van der Waals surface area (Å²) in [4.78, 5) is 22.9. The molecule has 6 heteroatoms. The van der Waals surface area contributed by atoms with Crippen LogP contribution in [0.3, 0.4) is 0 Å². The van der Waals surface area contributed by atoms with Gasteiger partial charge in [-0.15, -0.1) is 0 Å². The number of hydrogen-bond donors (Lipinski definition) is 3. The van der Waals surface area contributed by atoms with E-state index in [1.165, 1.54) is 0 Å². The fraction of sp³-hybridized carbons (Fsp3) is 0.529. The zero-order chi connectivity index (χ0) is 16.2. The summed E-state index contributed by atoms with van der Waals surface area (Å²) >= 11 is 0. The average Bonchev–Trinajstić information content (AvgIpc) is 3.03. The predicted molar refractivity (Wildman–Crippen MR) is 84.3 cm³/mol. The van der Waals surface area contributed by atoms with E-state index in [0.717, 1.165) is 37.9 Å². The molecular weight excluding hydrogens is 296 g/mol. The van der Waals surface area contributed by atoms with Crippen molar-refractivity contribution in [3.05, 3.63) is 35.4 Å². The number of hydrogen-bond acceptors (Lipinski definition) is 3. The molecular formula is C17H22N2O4. The Labute approximate surface area is 135 Å². The van der Waals surface area contributed by atoms with Crippen molar-refractivity contribution in [1.82, 2.24) is 10.6 Å². The van der Waals surface area contributed by atoms with E-state index in [9.17, 15) is 9.59 Å². The molecule has 1 heterocycles. The zero-order valence-corrected chi connectivity index (χ0v) is 13.0. The Kier molecular flexibility index (Phi) is 4.81. The molecule has 6 nitrogen and oxygen atoms in total. The smallest absolute Gasteiger partial charge is 0.335 e. The van der Waals surface area contributed by atoms with Gasteiger partial charge in [-0.1, -0.05) is 12.1 Å². The quantitative estimate of drug-likeness (QED) is 0.794. The van der Waals surface area contributed by atoms with Crippen LogP contribution in [0, 0.1) is 5.92 Å². The monoisotopic (exact) mass is 318 g/mol. The second kappa shape index (κ2) is 7.00. The summed E-state index contributed by atoms with van der Waals surface area (Å²) in [7, 11) is 0. The molecule has 1 saturated carbocycles. The van der Waals surface area contributed by atoms with Gasteiger partial charge in [-0.05, 0) is 43.4 Å². The lowest BCUT2D eigenvalue weighted by atomic mass is 9.82. The Balaban J connectivity index is 1.48. The summed E-state index contributed by atoms with van der Waals surface area (Å²) in [6, 6.07) is 6.52. The molecule has 2 aliphatic rings. The molecule has 3 unspecified atom stereocenters. The van der Waals surface area contributed by atoms with E-state index in [2.05, 4.69) is 10.6 Å². The van der Waals surface area contributed by atoms with Gasteiger partial charge in [0.15, 0.2) is 0 Å². The van der Waals surface area contributed by atoms with E-state index in [1.807, 2.05) is 0 Å². The number of amides is 2. The number of nitrogens with one attached hydrogen (secondary N) is 2. The number of ether oxygens (including phenoxy) is 1. The van der Waals surface area contributed by atoms with E-state index in [0.29, 0.717) is 18.6 Å². The number of carboxylic acid groups (broad SMARTS) is 1. The van der Waals surface area contributed by atoms with Gasteiger partial charge in [0, 0.05) is 25.1 Å². The van der Waals surface area contributed by atoms with Crippen molar-refractivity contribution in [3.63, 3.8) is 0 Å². The number of carboxylic acids is 1. The Morgan fingerprint density at radius 1 is 1.17 bits per heavy atom. The number of fused-ring (bicyclic) bond motifs is 1. The normalized spacial score (nSPS) is 26.3. The van der Waals surface area contributed by atoms with Crippen molar-refractivity contribution in [3.8, 4) is 0 Å². The number of aromatic carboxylic acids is 1. The molecule has 1 aliphatic heterocycles. The van der Waals surface area contributed by atoms with Gasteiger partial charge in [-0.25, -0.2) is 9.59 Å². The first-order valence-electron chi connectivity index (χ1n) is 8.11. The number of carbonyl (C=O) groups excluding carboxylic acids is 1. The third kappa shape index (κ3) is 3.82. The predicted octanol–water partition coefficient (Wildman–Crippen LogP) is 2.14. The molecule has 2 fully saturated rings. The maximum absolute atomic E-state index is 12.1. The third-order valence-corrected chi connectivity index (χ3v) is 4.75. The van der Waals surface area contributed by atoms with Crippen LogP contribution >= 0.6 is 0 Å². The van der Waals surface area contributed by atoms with Gasteiger partial charge in [-0.2, -0.15) is 0 Å². The maximum Gasteiger partial charge on any atom is 0.335 e. The van der Waals surface area contributed by atoms with Crippen molar-refractivity contribution < 1.29 is 19.4 Å². The number of benzene rings is 1. The van der Waals surface area contributed by atoms with Crippen LogP contribution in [-0.4, -0.2) is 35.9 Å². The summed E-state index contributed by atoms with van der Waals surface area (Å²) in [6.07, 6.45) is 4.51. The number of urea groups is 1. The number of rotatable bonds is 4. The highest BCUT2D eigenvalue weighted by atomic mass is 16.5. The molecule has 2 amide bonds. The molecule has 3 rings (SSSR count). The van der Waals surface area contributed by atoms with E-state index >= 15 is 0 Å². The Morgan fingerprint density at radius 2 is 1.96 bits per heavy atom. The first-order chi connectivity index (χ1) is 11.1. The van der Waals surface area contributed by atoms with Gasteiger partial charge < -0.3 is 20.5 Å². The summed E-state index contributed by atoms with van der Waals surface area (Å²) in [5.41, 5.74) is 1.11. The fourth-order valence-electron chi connectivity index (χ4n) is 3.52. The summed E-state index contributed by atoms with van der Waals surface area (Å²) in [6.45, 7) is 1.17. The minimum absolute atomic E-state index is 0.176. The third-order valence-electron chi connectivity index (χ3n) is 4.75. The molecule has 1 saturated heterocycles. The van der Waals surface area contributed by atoms with E-state index in [4.69, 9.17) is 9.84 Å².